The molecule has 0 saturated heterocycles. The Morgan fingerprint density at radius 3 is 2.52 bits per heavy atom. The zero-order valence-corrected chi connectivity index (χ0v) is 12.6. The molecule has 1 amide bonds. The van der Waals surface area contributed by atoms with Crippen LogP contribution < -0.4 is 5.32 Å². The Hall–Kier alpha value is -2.27. The highest BCUT2D eigenvalue weighted by Gasteiger charge is 2.13. The van der Waals surface area contributed by atoms with Crippen molar-refractivity contribution in [1.82, 2.24) is 5.32 Å². The quantitative estimate of drug-likeness (QED) is 0.824. The molecule has 1 unspecified atom stereocenters. The Labute approximate surface area is 134 Å². The molecular weight excluding hydrogens is 300 g/mol. The second kappa shape index (κ2) is 8.39. The highest BCUT2D eigenvalue weighted by atomic mass is 19.1. The van der Waals surface area contributed by atoms with Gasteiger partial charge in [0.1, 0.15) is 11.6 Å². The summed E-state index contributed by atoms with van der Waals surface area (Å²) < 4.78 is 26.3. The monoisotopic (exact) mass is 319 g/mol. The van der Waals surface area contributed by atoms with Crippen molar-refractivity contribution in [3.63, 3.8) is 0 Å². The Bertz CT molecular complexity index is 647. The first kappa shape index (κ1) is 17.1. The molecule has 3 nitrogen and oxygen atoms in total. The van der Waals surface area contributed by atoms with Gasteiger partial charge in [0.25, 0.3) is 0 Å². The van der Waals surface area contributed by atoms with E-state index in [1.165, 1.54) is 12.1 Å². The van der Waals surface area contributed by atoms with Crippen molar-refractivity contribution >= 4 is 5.91 Å². The van der Waals surface area contributed by atoms with Crippen molar-refractivity contribution in [3.05, 3.63) is 71.3 Å². The van der Waals surface area contributed by atoms with Crippen LogP contribution in [0.2, 0.25) is 0 Å². The lowest BCUT2D eigenvalue weighted by Gasteiger charge is -2.16. The number of rotatable bonds is 7. The lowest BCUT2D eigenvalue weighted by molar-refractivity contribution is -0.122. The van der Waals surface area contributed by atoms with E-state index in [4.69, 9.17) is 0 Å². The maximum atomic E-state index is 13.5. The van der Waals surface area contributed by atoms with Crippen LogP contribution in [0.5, 0.6) is 0 Å². The molecule has 23 heavy (non-hydrogen) atoms. The Kier molecular flexibility index (Phi) is 6.23. The van der Waals surface area contributed by atoms with Crippen molar-refractivity contribution in [2.24, 2.45) is 0 Å². The number of carbonyl (C=O) groups excluding carboxylic acids is 1. The Morgan fingerprint density at radius 2 is 1.87 bits per heavy atom. The number of benzene rings is 2. The fraction of sp³-hybridized carbons (Fsp3) is 0.278. The van der Waals surface area contributed by atoms with Crippen LogP contribution in [0.15, 0.2) is 48.5 Å². The highest BCUT2D eigenvalue weighted by Crippen LogP contribution is 2.11. The number of amides is 1. The summed E-state index contributed by atoms with van der Waals surface area (Å²) >= 11 is 0. The summed E-state index contributed by atoms with van der Waals surface area (Å²) in [6.07, 6.45) is 0.781. The molecule has 0 fully saturated rings. The van der Waals surface area contributed by atoms with Crippen LogP contribution in [0.4, 0.5) is 8.78 Å². The van der Waals surface area contributed by atoms with Gasteiger partial charge < -0.3 is 10.4 Å². The van der Waals surface area contributed by atoms with Crippen LogP contribution in [-0.2, 0) is 17.6 Å². The third-order valence-corrected chi connectivity index (χ3v) is 3.55. The van der Waals surface area contributed by atoms with Gasteiger partial charge in [-0.05, 0) is 30.0 Å². The average molecular weight is 319 g/mol. The van der Waals surface area contributed by atoms with Crippen LogP contribution >= 0.6 is 0 Å². The van der Waals surface area contributed by atoms with Crippen LogP contribution in [0.1, 0.15) is 17.5 Å². The molecule has 0 saturated carbocycles. The molecule has 2 rings (SSSR count). The third kappa shape index (κ3) is 5.45. The van der Waals surface area contributed by atoms with E-state index in [2.05, 4.69) is 5.32 Å². The van der Waals surface area contributed by atoms with Gasteiger partial charge in [-0.25, -0.2) is 8.78 Å². The molecular formula is C18H19F2NO2. The van der Waals surface area contributed by atoms with Gasteiger partial charge in [0.15, 0.2) is 0 Å². The van der Waals surface area contributed by atoms with E-state index < -0.39 is 11.6 Å². The molecule has 0 heterocycles. The van der Waals surface area contributed by atoms with Gasteiger partial charge in [0.05, 0.1) is 12.6 Å². The molecule has 0 bridgehead atoms. The maximum absolute atomic E-state index is 13.5. The molecule has 122 valence electrons. The molecule has 5 heteroatoms. The molecule has 2 N–H and O–H groups in total. The lowest BCUT2D eigenvalue weighted by Crippen LogP contribution is -2.39. The molecule has 0 spiro atoms. The fourth-order valence-corrected chi connectivity index (χ4v) is 2.33. The molecule has 0 aliphatic rings. The minimum absolute atomic E-state index is 0.0772. The first-order chi connectivity index (χ1) is 11.1. The van der Waals surface area contributed by atoms with Crippen molar-refractivity contribution in [3.8, 4) is 0 Å². The van der Waals surface area contributed by atoms with E-state index in [-0.39, 0.29) is 31.4 Å². The molecule has 0 aliphatic heterocycles. The predicted octanol–water partition coefficient (Wildman–Crippen LogP) is 2.62. The molecule has 2 aromatic rings. The third-order valence-electron chi connectivity index (χ3n) is 3.55. The summed E-state index contributed by atoms with van der Waals surface area (Å²) in [5.74, 6) is -1.57. The fourth-order valence-electron chi connectivity index (χ4n) is 2.33. The summed E-state index contributed by atoms with van der Waals surface area (Å²) in [5.41, 5.74) is 1.31. The molecule has 0 aliphatic carbocycles. The second-order valence-corrected chi connectivity index (χ2v) is 5.37. The molecule has 0 radical (unpaired) electrons. The lowest BCUT2D eigenvalue weighted by atomic mass is 10.1. The number of nitrogens with one attached hydrogen (secondary N) is 1. The number of hydrogen-bond acceptors (Lipinski definition) is 2. The highest BCUT2D eigenvalue weighted by molar-refractivity contribution is 5.76. The Balaban J connectivity index is 1.85. The van der Waals surface area contributed by atoms with Gasteiger partial charge in [-0.2, -0.15) is 0 Å². The van der Waals surface area contributed by atoms with Crippen LogP contribution in [0, 0.1) is 11.6 Å². The van der Waals surface area contributed by atoms with Crippen LogP contribution in [0.25, 0.3) is 0 Å². The minimum atomic E-state index is -0.652. The van der Waals surface area contributed by atoms with Crippen molar-refractivity contribution < 1.29 is 18.7 Å². The number of carbonyl (C=O) groups is 1. The number of aliphatic hydroxyl groups excluding tert-OH is 1. The summed E-state index contributed by atoms with van der Waals surface area (Å²) in [5, 5.41) is 12.1. The number of aryl methyl sites for hydroxylation is 1. The van der Waals surface area contributed by atoms with Crippen LogP contribution in [0.3, 0.4) is 0 Å². The van der Waals surface area contributed by atoms with E-state index >= 15 is 0 Å². The van der Waals surface area contributed by atoms with E-state index in [0.717, 1.165) is 11.6 Å². The minimum Gasteiger partial charge on any atom is -0.394 e. The summed E-state index contributed by atoms with van der Waals surface area (Å²) in [4.78, 5) is 11.9. The molecule has 1 atom stereocenters. The van der Waals surface area contributed by atoms with Crippen molar-refractivity contribution in [2.75, 3.05) is 6.61 Å². The zero-order valence-electron chi connectivity index (χ0n) is 12.6. The van der Waals surface area contributed by atoms with Gasteiger partial charge in [-0.3, -0.25) is 4.79 Å². The van der Waals surface area contributed by atoms with Gasteiger partial charge in [0, 0.05) is 12.5 Å². The zero-order chi connectivity index (χ0) is 16.7. The van der Waals surface area contributed by atoms with Gasteiger partial charge in [-0.1, -0.05) is 36.4 Å². The maximum Gasteiger partial charge on any atom is 0.220 e. The predicted molar refractivity (Wildman–Crippen MR) is 83.8 cm³/mol. The number of halogens is 2. The summed E-state index contributed by atoms with van der Waals surface area (Å²) in [6, 6.07) is 12.4. The number of hydrogen-bond donors (Lipinski definition) is 2. The van der Waals surface area contributed by atoms with E-state index in [0.29, 0.717) is 12.0 Å². The molecule has 2 aromatic carbocycles. The average Bonchev–Trinajstić information content (AvgIpc) is 2.54. The first-order valence-electron chi connectivity index (χ1n) is 7.46. The smallest absolute Gasteiger partial charge is 0.220 e. The standard InChI is InChI=1S/C18H19F2NO2/c19-15-8-6-14(17(20)11-15)7-9-18(23)21-16(12-22)10-13-4-2-1-3-5-13/h1-6,8,11,16,22H,7,9-10,12H2,(H,21,23). The van der Waals surface area contributed by atoms with Crippen molar-refractivity contribution in [1.29, 1.82) is 0 Å². The Morgan fingerprint density at radius 1 is 1.13 bits per heavy atom. The van der Waals surface area contributed by atoms with Crippen LogP contribution in [-0.4, -0.2) is 23.7 Å². The first-order valence-corrected chi connectivity index (χ1v) is 7.46. The largest absolute Gasteiger partial charge is 0.394 e. The van der Waals surface area contributed by atoms with E-state index in [9.17, 15) is 18.7 Å². The van der Waals surface area contributed by atoms with Gasteiger partial charge >= 0.3 is 0 Å². The summed E-state index contributed by atoms with van der Waals surface area (Å²) in [6.45, 7) is -0.175. The SMILES string of the molecule is O=C(CCc1ccc(F)cc1F)NC(CO)Cc1ccccc1. The van der Waals surface area contributed by atoms with Gasteiger partial charge in [-0.15, -0.1) is 0 Å². The van der Waals surface area contributed by atoms with Gasteiger partial charge in [0.2, 0.25) is 5.91 Å². The van der Waals surface area contributed by atoms with E-state index in [1.807, 2.05) is 30.3 Å². The number of aliphatic hydroxyl groups is 1. The second-order valence-electron chi connectivity index (χ2n) is 5.37. The topological polar surface area (TPSA) is 49.3 Å². The molecule has 0 aromatic heterocycles. The normalized spacial score (nSPS) is 12.0. The summed E-state index contributed by atoms with van der Waals surface area (Å²) in [7, 11) is 0. The van der Waals surface area contributed by atoms with Crippen molar-refractivity contribution in [2.45, 2.75) is 25.3 Å². The van der Waals surface area contributed by atoms with E-state index in [1.54, 1.807) is 0 Å².